The van der Waals surface area contributed by atoms with E-state index in [-0.39, 0.29) is 6.04 Å². The fraction of sp³-hybridized carbons (Fsp3) is 0.500. The monoisotopic (exact) mass is 269 g/mol. The fourth-order valence-electron chi connectivity index (χ4n) is 1.98. The minimum Gasteiger partial charge on any atom is -0.315 e. The van der Waals surface area contributed by atoms with Crippen LogP contribution in [0.5, 0.6) is 0 Å². The molecule has 0 spiro atoms. The average Bonchev–Trinajstić information content (AvgIpc) is 2.82. The topological polar surface area (TPSA) is 61.4 Å². The van der Waals surface area contributed by atoms with E-state index in [0.29, 0.717) is 13.1 Å². The average molecular weight is 269 g/mol. The molecule has 1 aromatic carbocycles. The molecule has 1 atom stereocenters. The first kappa shape index (κ1) is 13.5. The van der Waals surface area contributed by atoms with Gasteiger partial charge in [0.15, 0.2) is 0 Å². The second-order valence-corrected chi connectivity index (χ2v) is 6.36. The molecule has 100 valence electrons. The van der Waals surface area contributed by atoms with Gasteiger partial charge in [0.2, 0.25) is 0 Å². The van der Waals surface area contributed by atoms with E-state index in [1.165, 1.54) is 4.31 Å². The molecule has 1 saturated heterocycles. The zero-order valence-corrected chi connectivity index (χ0v) is 11.3. The lowest BCUT2D eigenvalue weighted by atomic mass is 10.2. The van der Waals surface area contributed by atoms with Crippen LogP contribution in [0.25, 0.3) is 0 Å². The van der Waals surface area contributed by atoms with Gasteiger partial charge >= 0.3 is 0 Å². The van der Waals surface area contributed by atoms with Crippen LogP contribution in [0.2, 0.25) is 0 Å². The largest absolute Gasteiger partial charge is 0.315 e. The lowest BCUT2D eigenvalue weighted by molar-refractivity contribution is 0.446. The summed E-state index contributed by atoms with van der Waals surface area (Å²) in [5.74, 6) is 0. The number of benzene rings is 1. The Kier molecular flexibility index (Phi) is 4.34. The Morgan fingerprint density at radius 2 is 2.11 bits per heavy atom. The Balaban J connectivity index is 1.96. The molecule has 0 radical (unpaired) electrons. The first-order chi connectivity index (χ1) is 8.58. The highest BCUT2D eigenvalue weighted by Crippen LogP contribution is 2.07. The van der Waals surface area contributed by atoms with E-state index >= 15 is 0 Å². The molecule has 5 nitrogen and oxygen atoms in total. The Labute approximate surface area is 108 Å². The van der Waals surface area contributed by atoms with Gasteiger partial charge in [-0.25, -0.2) is 0 Å². The summed E-state index contributed by atoms with van der Waals surface area (Å²) < 4.78 is 28.2. The summed E-state index contributed by atoms with van der Waals surface area (Å²) in [5, 5.41) is 3.14. The highest BCUT2D eigenvalue weighted by Gasteiger charge is 2.24. The summed E-state index contributed by atoms with van der Waals surface area (Å²) >= 11 is 0. The van der Waals surface area contributed by atoms with Crippen LogP contribution in [0.1, 0.15) is 12.0 Å². The van der Waals surface area contributed by atoms with E-state index in [1.54, 1.807) is 7.05 Å². The summed E-state index contributed by atoms with van der Waals surface area (Å²) in [6.07, 6.45) is 0.846. The molecule has 1 fully saturated rings. The quantitative estimate of drug-likeness (QED) is 0.809. The smallest absolute Gasteiger partial charge is 0.279 e. The molecule has 18 heavy (non-hydrogen) atoms. The molecule has 6 heteroatoms. The SMILES string of the molecule is CN(Cc1ccccc1)S(=O)(=O)N[C@@H]1CCNC1. The van der Waals surface area contributed by atoms with Crippen LogP contribution in [0.15, 0.2) is 30.3 Å². The summed E-state index contributed by atoms with van der Waals surface area (Å²) in [6, 6.07) is 9.58. The van der Waals surface area contributed by atoms with Crippen LogP contribution in [-0.2, 0) is 16.8 Å². The molecule has 0 amide bonds. The van der Waals surface area contributed by atoms with Crippen LogP contribution in [0.4, 0.5) is 0 Å². The second-order valence-electron chi connectivity index (χ2n) is 4.55. The van der Waals surface area contributed by atoms with Gasteiger partial charge in [0.25, 0.3) is 10.2 Å². The predicted octanol–water partition coefficient (Wildman–Crippen LogP) is 0.315. The zero-order chi connectivity index (χ0) is 13.0. The third kappa shape index (κ3) is 3.52. The van der Waals surface area contributed by atoms with Gasteiger partial charge in [0.05, 0.1) is 0 Å². The Hall–Kier alpha value is -0.950. The van der Waals surface area contributed by atoms with Crippen LogP contribution in [0, 0.1) is 0 Å². The number of nitrogens with zero attached hydrogens (tertiary/aromatic N) is 1. The van der Waals surface area contributed by atoms with E-state index in [0.717, 1.165) is 18.5 Å². The summed E-state index contributed by atoms with van der Waals surface area (Å²) in [6.45, 7) is 1.96. The highest BCUT2D eigenvalue weighted by atomic mass is 32.2. The number of hydrogen-bond donors (Lipinski definition) is 2. The molecule has 0 bridgehead atoms. The third-order valence-corrected chi connectivity index (χ3v) is 4.62. The lowest BCUT2D eigenvalue weighted by Crippen LogP contribution is -2.44. The standard InChI is InChI=1S/C12H19N3O2S/c1-15(10-11-5-3-2-4-6-11)18(16,17)14-12-7-8-13-9-12/h2-6,12-14H,7-10H2,1H3/t12-/m1/s1. The van der Waals surface area contributed by atoms with Crippen molar-refractivity contribution in [2.75, 3.05) is 20.1 Å². The summed E-state index contributed by atoms with van der Waals surface area (Å²) in [4.78, 5) is 0. The van der Waals surface area contributed by atoms with E-state index < -0.39 is 10.2 Å². The van der Waals surface area contributed by atoms with E-state index in [4.69, 9.17) is 0 Å². The maximum absolute atomic E-state index is 12.1. The molecular weight excluding hydrogens is 250 g/mol. The summed E-state index contributed by atoms with van der Waals surface area (Å²) in [5.41, 5.74) is 0.981. The molecule has 1 heterocycles. The first-order valence-corrected chi connectivity index (χ1v) is 7.50. The molecule has 1 aliphatic heterocycles. The van der Waals surface area contributed by atoms with Gasteiger partial charge in [-0.2, -0.15) is 17.4 Å². The maximum Gasteiger partial charge on any atom is 0.279 e. The lowest BCUT2D eigenvalue weighted by Gasteiger charge is -2.20. The molecular formula is C12H19N3O2S. The van der Waals surface area contributed by atoms with Gasteiger partial charge in [-0.15, -0.1) is 0 Å². The van der Waals surface area contributed by atoms with Gasteiger partial charge in [0, 0.05) is 26.2 Å². The van der Waals surface area contributed by atoms with Crippen molar-refractivity contribution in [1.29, 1.82) is 0 Å². The Morgan fingerprint density at radius 1 is 1.39 bits per heavy atom. The normalized spacial score (nSPS) is 20.4. The maximum atomic E-state index is 12.1. The van der Waals surface area contributed by atoms with Crippen LogP contribution < -0.4 is 10.0 Å². The second kappa shape index (κ2) is 5.79. The van der Waals surface area contributed by atoms with Gasteiger partial charge in [-0.3, -0.25) is 0 Å². The summed E-state index contributed by atoms with van der Waals surface area (Å²) in [7, 11) is -1.80. The van der Waals surface area contributed by atoms with Crippen LogP contribution in [-0.4, -0.2) is 38.9 Å². The van der Waals surface area contributed by atoms with Crippen molar-refractivity contribution < 1.29 is 8.42 Å². The Bertz CT molecular complexity index is 469. The van der Waals surface area contributed by atoms with Crippen LogP contribution >= 0.6 is 0 Å². The van der Waals surface area contributed by atoms with Gasteiger partial charge in [0.1, 0.15) is 0 Å². The van der Waals surface area contributed by atoms with Crippen molar-refractivity contribution in [1.82, 2.24) is 14.3 Å². The van der Waals surface area contributed by atoms with Crippen molar-refractivity contribution >= 4 is 10.2 Å². The molecule has 0 saturated carbocycles. The Morgan fingerprint density at radius 3 is 2.72 bits per heavy atom. The predicted molar refractivity (Wildman–Crippen MR) is 71.2 cm³/mol. The molecule has 0 unspecified atom stereocenters. The first-order valence-electron chi connectivity index (χ1n) is 6.06. The minimum atomic E-state index is -3.40. The fourth-order valence-corrected chi connectivity index (χ4v) is 3.10. The van der Waals surface area contributed by atoms with Gasteiger partial charge < -0.3 is 5.32 Å². The highest BCUT2D eigenvalue weighted by molar-refractivity contribution is 7.87. The molecule has 0 aliphatic carbocycles. The molecule has 1 aromatic rings. The van der Waals surface area contributed by atoms with Crippen molar-refractivity contribution in [3.8, 4) is 0 Å². The number of rotatable bonds is 5. The minimum absolute atomic E-state index is 0.00761. The molecule has 1 aliphatic rings. The number of hydrogen-bond acceptors (Lipinski definition) is 3. The van der Waals surface area contributed by atoms with Crippen LogP contribution in [0.3, 0.4) is 0 Å². The van der Waals surface area contributed by atoms with Crippen molar-refractivity contribution in [2.45, 2.75) is 19.0 Å². The van der Waals surface area contributed by atoms with E-state index in [2.05, 4.69) is 10.0 Å². The zero-order valence-electron chi connectivity index (χ0n) is 10.5. The van der Waals surface area contributed by atoms with Gasteiger partial charge in [-0.05, 0) is 18.5 Å². The van der Waals surface area contributed by atoms with Crippen molar-refractivity contribution in [3.63, 3.8) is 0 Å². The van der Waals surface area contributed by atoms with Crippen molar-refractivity contribution in [2.24, 2.45) is 0 Å². The van der Waals surface area contributed by atoms with Gasteiger partial charge in [-0.1, -0.05) is 30.3 Å². The molecule has 0 aromatic heterocycles. The number of nitrogens with one attached hydrogen (secondary N) is 2. The third-order valence-electron chi connectivity index (χ3n) is 3.03. The van der Waals surface area contributed by atoms with E-state index in [9.17, 15) is 8.42 Å². The molecule has 2 N–H and O–H groups in total. The van der Waals surface area contributed by atoms with E-state index in [1.807, 2.05) is 30.3 Å². The molecule has 2 rings (SSSR count). The van der Waals surface area contributed by atoms with Crippen molar-refractivity contribution in [3.05, 3.63) is 35.9 Å².